The highest BCUT2D eigenvalue weighted by atomic mass is 79.9. The molecule has 0 aromatic heterocycles. The second-order valence-corrected chi connectivity index (χ2v) is 4.65. The van der Waals surface area contributed by atoms with Crippen LogP contribution in [0.25, 0.3) is 0 Å². The number of hydrogen-bond acceptors (Lipinski definition) is 4. The Kier molecular flexibility index (Phi) is 5.64. The molecule has 1 aromatic rings. The van der Waals surface area contributed by atoms with Crippen molar-refractivity contribution >= 4 is 21.6 Å². The largest absolute Gasteiger partial charge is 0.383 e. The summed E-state index contributed by atoms with van der Waals surface area (Å²) in [7, 11) is 3.27. The number of nitro groups is 1. The van der Waals surface area contributed by atoms with Crippen LogP contribution in [0.2, 0.25) is 0 Å². The standard InChI is InChI=1S/C11H14BrFN2O3/c1-14-8(6-18-2)3-7-4-10(13)9(12)5-11(7)15(16)17/h4-5,8,14H,3,6H2,1-2H3. The van der Waals surface area contributed by atoms with Crippen molar-refractivity contribution in [2.45, 2.75) is 12.5 Å². The van der Waals surface area contributed by atoms with Crippen LogP contribution in [0.4, 0.5) is 10.1 Å². The number of halogens is 2. The van der Waals surface area contributed by atoms with E-state index in [-0.39, 0.29) is 16.2 Å². The molecule has 0 saturated heterocycles. The normalized spacial score (nSPS) is 12.4. The number of nitrogens with zero attached hydrogens (tertiary/aromatic N) is 1. The van der Waals surface area contributed by atoms with E-state index in [9.17, 15) is 14.5 Å². The molecule has 0 fully saturated rings. The van der Waals surface area contributed by atoms with Crippen LogP contribution in [0.3, 0.4) is 0 Å². The molecule has 0 aliphatic heterocycles. The van der Waals surface area contributed by atoms with Gasteiger partial charge in [-0.05, 0) is 35.5 Å². The van der Waals surface area contributed by atoms with Crippen molar-refractivity contribution in [3.8, 4) is 0 Å². The van der Waals surface area contributed by atoms with E-state index in [0.717, 1.165) is 0 Å². The Morgan fingerprint density at radius 2 is 2.28 bits per heavy atom. The van der Waals surface area contributed by atoms with E-state index >= 15 is 0 Å². The highest BCUT2D eigenvalue weighted by Crippen LogP contribution is 2.27. The SMILES string of the molecule is CNC(COC)Cc1cc(F)c(Br)cc1[N+](=O)[O-]. The zero-order valence-electron chi connectivity index (χ0n) is 10.1. The second kappa shape index (κ2) is 6.77. The molecule has 1 N–H and O–H groups in total. The van der Waals surface area contributed by atoms with Gasteiger partial charge in [-0.3, -0.25) is 10.1 Å². The molecule has 18 heavy (non-hydrogen) atoms. The van der Waals surface area contributed by atoms with E-state index in [1.165, 1.54) is 12.1 Å². The van der Waals surface area contributed by atoms with Gasteiger partial charge < -0.3 is 10.1 Å². The fraction of sp³-hybridized carbons (Fsp3) is 0.455. The number of nitrogens with one attached hydrogen (secondary N) is 1. The van der Waals surface area contributed by atoms with E-state index in [4.69, 9.17) is 4.74 Å². The van der Waals surface area contributed by atoms with Crippen molar-refractivity contribution in [1.82, 2.24) is 5.32 Å². The van der Waals surface area contributed by atoms with Crippen molar-refractivity contribution in [2.24, 2.45) is 0 Å². The molecule has 100 valence electrons. The summed E-state index contributed by atoms with van der Waals surface area (Å²) in [6, 6.07) is 2.26. The summed E-state index contributed by atoms with van der Waals surface area (Å²) in [5.41, 5.74) is 0.247. The Morgan fingerprint density at radius 1 is 1.61 bits per heavy atom. The maximum Gasteiger partial charge on any atom is 0.273 e. The first kappa shape index (κ1) is 15.0. The molecular formula is C11H14BrFN2O3. The maximum absolute atomic E-state index is 13.4. The van der Waals surface area contributed by atoms with Crippen molar-refractivity contribution in [2.75, 3.05) is 20.8 Å². The van der Waals surface area contributed by atoms with Crippen LogP contribution in [0.5, 0.6) is 0 Å². The van der Waals surface area contributed by atoms with E-state index in [1.807, 2.05) is 0 Å². The van der Waals surface area contributed by atoms with Crippen LogP contribution in [0, 0.1) is 15.9 Å². The van der Waals surface area contributed by atoms with Crippen LogP contribution in [0.1, 0.15) is 5.56 Å². The van der Waals surface area contributed by atoms with Gasteiger partial charge in [0, 0.05) is 24.8 Å². The monoisotopic (exact) mass is 320 g/mol. The minimum absolute atomic E-state index is 0.0886. The zero-order chi connectivity index (χ0) is 13.7. The molecule has 7 heteroatoms. The van der Waals surface area contributed by atoms with Crippen molar-refractivity contribution in [3.05, 3.63) is 38.1 Å². The Hall–Kier alpha value is -1.05. The van der Waals surface area contributed by atoms with Crippen LogP contribution >= 0.6 is 15.9 Å². The molecule has 1 aromatic carbocycles. The molecule has 0 amide bonds. The smallest absolute Gasteiger partial charge is 0.273 e. The van der Waals surface area contributed by atoms with Gasteiger partial charge in [-0.1, -0.05) is 0 Å². The summed E-state index contributed by atoms with van der Waals surface area (Å²) >= 11 is 2.94. The van der Waals surface area contributed by atoms with Gasteiger partial charge in [0.05, 0.1) is 16.0 Å². The summed E-state index contributed by atoms with van der Waals surface area (Å²) in [6.45, 7) is 0.394. The van der Waals surface area contributed by atoms with Gasteiger partial charge in [0.1, 0.15) is 5.82 Å². The summed E-state index contributed by atoms with van der Waals surface area (Å²) < 4.78 is 18.5. The molecule has 1 rings (SSSR count). The highest BCUT2D eigenvalue weighted by Gasteiger charge is 2.20. The number of hydrogen-bond donors (Lipinski definition) is 1. The second-order valence-electron chi connectivity index (χ2n) is 3.80. The highest BCUT2D eigenvalue weighted by molar-refractivity contribution is 9.10. The van der Waals surface area contributed by atoms with Gasteiger partial charge in [0.15, 0.2) is 0 Å². The molecule has 0 radical (unpaired) electrons. The van der Waals surface area contributed by atoms with Crippen LogP contribution < -0.4 is 5.32 Å². The third kappa shape index (κ3) is 3.72. The van der Waals surface area contributed by atoms with Gasteiger partial charge in [0.25, 0.3) is 5.69 Å². The van der Waals surface area contributed by atoms with Crippen LogP contribution in [0.15, 0.2) is 16.6 Å². The van der Waals surface area contributed by atoms with Gasteiger partial charge in [-0.15, -0.1) is 0 Å². The number of methoxy groups -OCH3 is 1. The van der Waals surface area contributed by atoms with Crippen molar-refractivity contribution < 1.29 is 14.1 Å². The summed E-state index contributed by atoms with van der Waals surface area (Å²) in [4.78, 5) is 10.4. The van der Waals surface area contributed by atoms with E-state index in [2.05, 4.69) is 21.2 Å². The van der Waals surface area contributed by atoms with Crippen LogP contribution in [-0.2, 0) is 11.2 Å². The molecular weight excluding hydrogens is 307 g/mol. The lowest BCUT2D eigenvalue weighted by Crippen LogP contribution is -2.32. The number of rotatable bonds is 6. The molecule has 0 heterocycles. The predicted molar refractivity (Wildman–Crippen MR) is 69.2 cm³/mol. The molecule has 0 bridgehead atoms. The van der Waals surface area contributed by atoms with E-state index in [0.29, 0.717) is 18.6 Å². The fourth-order valence-electron chi connectivity index (χ4n) is 1.62. The first-order valence-electron chi connectivity index (χ1n) is 5.28. The van der Waals surface area contributed by atoms with E-state index in [1.54, 1.807) is 14.2 Å². The lowest BCUT2D eigenvalue weighted by Gasteiger charge is -2.15. The first-order chi connectivity index (χ1) is 8.49. The average molecular weight is 321 g/mol. The lowest BCUT2D eigenvalue weighted by atomic mass is 10.0. The van der Waals surface area contributed by atoms with Gasteiger partial charge in [0.2, 0.25) is 0 Å². The van der Waals surface area contributed by atoms with Gasteiger partial charge >= 0.3 is 0 Å². The predicted octanol–water partition coefficient (Wildman–Crippen LogP) is 2.27. The number of ether oxygens (including phenoxy) is 1. The lowest BCUT2D eigenvalue weighted by molar-refractivity contribution is -0.385. The molecule has 0 aliphatic rings. The summed E-state index contributed by atoms with van der Waals surface area (Å²) in [5, 5.41) is 13.9. The minimum Gasteiger partial charge on any atom is -0.383 e. The molecule has 0 saturated carbocycles. The Balaban J connectivity index is 3.06. The number of nitro benzene ring substituents is 1. The Morgan fingerprint density at radius 3 is 2.78 bits per heavy atom. The third-order valence-electron chi connectivity index (χ3n) is 2.56. The van der Waals surface area contributed by atoms with Gasteiger partial charge in [-0.25, -0.2) is 4.39 Å². The summed E-state index contributed by atoms with van der Waals surface area (Å²) in [6.07, 6.45) is 0.324. The minimum atomic E-state index is -0.515. The number of likely N-dealkylation sites (N-methyl/N-ethyl adjacent to an activating group) is 1. The van der Waals surface area contributed by atoms with Crippen molar-refractivity contribution in [3.63, 3.8) is 0 Å². The average Bonchev–Trinajstić information content (AvgIpc) is 2.32. The topological polar surface area (TPSA) is 64.4 Å². The van der Waals surface area contributed by atoms with E-state index < -0.39 is 10.7 Å². The Labute approximate surface area is 113 Å². The maximum atomic E-state index is 13.4. The van der Waals surface area contributed by atoms with Crippen LogP contribution in [-0.4, -0.2) is 31.7 Å². The molecule has 0 aliphatic carbocycles. The van der Waals surface area contributed by atoms with Gasteiger partial charge in [-0.2, -0.15) is 0 Å². The fourth-order valence-corrected chi connectivity index (χ4v) is 1.95. The zero-order valence-corrected chi connectivity index (χ0v) is 11.7. The molecule has 1 atom stereocenters. The van der Waals surface area contributed by atoms with Crippen molar-refractivity contribution in [1.29, 1.82) is 0 Å². The third-order valence-corrected chi connectivity index (χ3v) is 3.17. The molecule has 1 unspecified atom stereocenters. The number of benzene rings is 1. The quantitative estimate of drug-likeness (QED) is 0.645. The first-order valence-corrected chi connectivity index (χ1v) is 6.07. The molecule has 0 spiro atoms. The summed E-state index contributed by atoms with van der Waals surface area (Å²) in [5.74, 6) is -0.511. The molecule has 5 nitrogen and oxygen atoms in total. The Bertz CT molecular complexity index is 443.